The monoisotopic (exact) mass is 428 g/mol. The molecule has 0 radical (unpaired) electrons. The number of amides is 1. The van der Waals surface area contributed by atoms with Crippen molar-refractivity contribution in [3.05, 3.63) is 40.1 Å². The molecule has 9 heteroatoms. The van der Waals surface area contributed by atoms with Crippen molar-refractivity contribution < 1.29 is 23.6 Å². The number of nitrogens with one attached hydrogen (secondary N) is 1. The fraction of sp³-hybridized carbons (Fsp3) is 0.312. The molecule has 0 aliphatic carbocycles. The molecular formula is C16H17BrN2O5S. The second-order valence-electron chi connectivity index (χ2n) is 4.99. The summed E-state index contributed by atoms with van der Waals surface area (Å²) in [7, 11) is 1.58. The number of carbonyl (C=O) groups excluding carboxylic acids is 2. The first kappa shape index (κ1) is 19.3. The van der Waals surface area contributed by atoms with Gasteiger partial charge in [-0.2, -0.15) is 0 Å². The first-order valence-electron chi connectivity index (χ1n) is 7.27. The lowest BCUT2D eigenvalue weighted by Gasteiger charge is -2.07. The number of thioether (sulfide) groups is 1. The Morgan fingerprint density at radius 3 is 2.76 bits per heavy atom. The third-order valence-electron chi connectivity index (χ3n) is 2.96. The Morgan fingerprint density at radius 1 is 1.32 bits per heavy atom. The highest BCUT2D eigenvalue weighted by atomic mass is 79.9. The number of nitrogens with zero attached hydrogens (tertiary/aromatic N) is 1. The van der Waals surface area contributed by atoms with Crippen LogP contribution in [-0.2, 0) is 20.9 Å². The highest BCUT2D eigenvalue weighted by molar-refractivity contribution is 9.10. The van der Waals surface area contributed by atoms with Crippen molar-refractivity contribution in [1.82, 2.24) is 5.16 Å². The van der Waals surface area contributed by atoms with Gasteiger partial charge in [0.1, 0.15) is 18.1 Å². The molecule has 0 bridgehead atoms. The first-order chi connectivity index (χ1) is 12.0. The van der Waals surface area contributed by atoms with E-state index in [1.165, 1.54) is 11.8 Å². The molecule has 2 rings (SSSR count). The van der Waals surface area contributed by atoms with Crippen LogP contribution < -0.4 is 10.1 Å². The molecule has 1 aromatic heterocycles. The van der Waals surface area contributed by atoms with Crippen molar-refractivity contribution in [2.24, 2.45) is 0 Å². The number of rotatable bonds is 8. The molecule has 0 atom stereocenters. The zero-order valence-corrected chi connectivity index (χ0v) is 16.1. The summed E-state index contributed by atoms with van der Waals surface area (Å²) in [5.41, 5.74) is 0.838. The summed E-state index contributed by atoms with van der Waals surface area (Å²) in [4.78, 5) is 23.4. The number of methoxy groups -OCH3 is 1. The number of ether oxygens (including phenoxy) is 2. The molecule has 0 aliphatic rings. The van der Waals surface area contributed by atoms with Crippen LogP contribution in [0.3, 0.4) is 0 Å². The Balaban J connectivity index is 1.66. The second kappa shape index (κ2) is 9.47. The molecule has 7 nitrogen and oxygen atoms in total. The Morgan fingerprint density at radius 2 is 2.12 bits per heavy atom. The largest absolute Gasteiger partial charge is 0.496 e. The minimum atomic E-state index is -0.387. The van der Waals surface area contributed by atoms with Gasteiger partial charge < -0.3 is 19.3 Å². The number of benzene rings is 1. The molecule has 0 fully saturated rings. The Kier molecular flexibility index (Phi) is 7.32. The Hall–Kier alpha value is -2.00. The van der Waals surface area contributed by atoms with Gasteiger partial charge in [-0.05, 0) is 40.5 Å². The fourth-order valence-electron chi connectivity index (χ4n) is 1.84. The van der Waals surface area contributed by atoms with Crippen LogP contribution in [0, 0.1) is 6.92 Å². The van der Waals surface area contributed by atoms with Gasteiger partial charge in [-0.25, -0.2) is 0 Å². The zero-order valence-electron chi connectivity index (χ0n) is 13.7. The molecule has 1 aromatic carbocycles. The van der Waals surface area contributed by atoms with Gasteiger partial charge in [0.05, 0.1) is 23.1 Å². The molecule has 0 saturated heterocycles. The molecule has 0 unspecified atom stereocenters. The van der Waals surface area contributed by atoms with Gasteiger partial charge in [-0.3, -0.25) is 9.59 Å². The average Bonchev–Trinajstić information content (AvgIpc) is 2.98. The number of hydrogen-bond acceptors (Lipinski definition) is 7. The first-order valence-corrected chi connectivity index (χ1v) is 9.21. The molecule has 2 aromatic rings. The number of esters is 1. The van der Waals surface area contributed by atoms with Crippen molar-refractivity contribution in [3.63, 3.8) is 0 Å². The van der Waals surface area contributed by atoms with Crippen LogP contribution >= 0.6 is 27.7 Å². The third-order valence-corrected chi connectivity index (χ3v) is 4.49. The summed E-state index contributed by atoms with van der Waals surface area (Å²) in [6.45, 7) is 1.89. The third kappa shape index (κ3) is 6.43. The summed E-state index contributed by atoms with van der Waals surface area (Å²) in [6, 6.07) is 7.05. The highest BCUT2D eigenvalue weighted by Gasteiger charge is 2.10. The highest BCUT2D eigenvalue weighted by Crippen LogP contribution is 2.25. The van der Waals surface area contributed by atoms with E-state index >= 15 is 0 Å². The van der Waals surface area contributed by atoms with E-state index in [2.05, 4.69) is 26.4 Å². The lowest BCUT2D eigenvalue weighted by atomic mass is 10.2. The smallest absolute Gasteiger partial charge is 0.316 e. The lowest BCUT2D eigenvalue weighted by Crippen LogP contribution is -2.16. The molecular weight excluding hydrogens is 412 g/mol. The number of aryl methyl sites for hydroxylation is 1. The summed E-state index contributed by atoms with van der Waals surface area (Å²) in [6.07, 6.45) is 0. The van der Waals surface area contributed by atoms with E-state index in [0.717, 1.165) is 10.0 Å². The van der Waals surface area contributed by atoms with Crippen LogP contribution in [0.5, 0.6) is 5.75 Å². The number of anilines is 1. The SMILES string of the molecule is COc1ccc(COC(=O)CSCC(=O)Nc2cc(C)on2)cc1Br. The van der Waals surface area contributed by atoms with E-state index in [1.54, 1.807) is 26.2 Å². The maximum Gasteiger partial charge on any atom is 0.316 e. The van der Waals surface area contributed by atoms with Gasteiger partial charge >= 0.3 is 5.97 Å². The molecule has 0 saturated carbocycles. The molecule has 1 amide bonds. The van der Waals surface area contributed by atoms with Gasteiger partial charge in [0, 0.05) is 6.07 Å². The summed E-state index contributed by atoms with van der Waals surface area (Å²) < 4.78 is 16.0. The second-order valence-corrected chi connectivity index (χ2v) is 6.83. The topological polar surface area (TPSA) is 90.7 Å². The van der Waals surface area contributed by atoms with E-state index in [0.29, 0.717) is 17.3 Å². The summed E-state index contributed by atoms with van der Waals surface area (Å²) in [5, 5.41) is 6.24. The van der Waals surface area contributed by atoms with E-state index in [9.17, 15) is 9.59 Å². The molecule has 0 spiro atoms. The quantitative estimate of drug-likeness (QED) is 0.645. The minimum Gasteiger partial charge on any atom is -0.496 e. The van der Waals surface area contributed by atoms with Gasteiger partial charge in [-0.15, -0.1) is 11.8 Å². The van der Waals surface area contributed by atoms with Gasteiger partial charge in [0.25, 0.3) is 0 Å². The minimum absolute atomic E-state index is 0.0859. The maximum atomic E-state index is 11.7. The maximum absolute atomic E-state index is 11.7. The van der Waals surface area contributed by atoms with Crippen LogP contribution in [0.25, 0.3) is 0 Å². The number of carbonyl (C=O) groups is 2. The molecule has 1 N–H and O–H groups in total. The summed E-state index contributed by atoms with van der Waals surface area (Å²) >= 11 is 4.54. The molecule has 0 aliphatic heterocycles. The summed E-state index contributed by atoms with van der Waals surface area (Å²) in [5.74, 6) is 1.23. The number of aromatic nitrogens is 1. The van der Waals surface area contributed by atoms with E-state index < -0.39 is 0 Å². The van der Waals surface area contributed by atoms with E-state index in [1.807, 2.05) is 12.1 Å². The molecule has 134 valence electrons. The standard InChI is InChI=1S/C16H17BrN2O5S/c1-10-5-14(19-24-10)18-15(20)8-25-9-16(21)23-7-11-3-4-13(22-2)12(17)6-11/h3-6H,7-9H2,1-2H3,(H,18,19,20). The predicted molar refractivity (Wildman–Crippen MR) is 97.7 cm³/mol. The predicted octanol–water partition coefficient (Wildman–Crippen LogP) is 3.17. The normalized spacial score (nSPS) is 10.4. The Bertz CT molecular complexity index is 750. The lowest BCUT2D eigenvalue weighted by molar-refractivity contribution is -0.141. The van der Waals surface area contributed by atoms with Crippen LogP contribution in [0.2, 0.25) is 0 Å². The average molecular weight is 429 g/mol. The van der Waals surface area contributed by atoms with E-state index in [4.69, 9.17) is 14.0 Å². The van der Waals surface area contributed by atoms with E-state index in [-0.39, 0.29) is 30.0 Å². The molecule has 25 heavy (non-hydrogen) atoms. The van der Waals surface area contributed by atoms with Gasteiger partial charge in [0.2, 0.25) is 5.91 Å². The van der Waals surface area contributed by atoms with Crippen molar-refractivity contribution in [2.45, 2.75) is 13.5 Å². The fourth-order valence-corrected chi connectivity index (χ4v) is 3.03. The van der Waals surface area contributed by atoms with Gasteiger partial charge in [0.15, 0.2) is 5.82 Å². The van der Waals surface area contributed by atoms with Crippen LogP contribution in [0.4, 0.5) is 5.82 Å². The van der Waals surface area contributed by atoms with Crippen molar-refractivity contribution in [1.29, 1.82) is 0 Å². The van der Waals surface area contributed by atoms with Crippen molar-refractivity contribution in [3.8, 4) is 5.75 Å². The van der Waals surface area contributed by atoms with Gasteiger partial charge in [-0.1, -0.05) is 11.2 Å². The van der Waals surface area contributed by atoms with Crippen LogP contribution in [0.15, 0.2) is 33.3 Å². The zero-order chi connectivity index (χ0) is 18.2. The molecule has 1 heterocycles. The Labute approximate surface area is 157 Å². The van der Waals surface area contributed by atoms with Crippen molar-refractivity contribution >= 4 is 45.4 Å². The number of halogens is 1. The number of hydrogen-bond donors (Lipinski definition) is 1. The van der Waals surface area contributed by atoms with Crippen LogP contribution in [0.1, 0.15) is 11.3 Å². The van der Waals surface area contributed by atoms with Crippen molar-refractivity contribution in [2.75, 3.05) is 23.9 Å². The van der Waals surface area contributed by atoms with Crippen LogP contribution in [-0.4, -0.2) is 35.6 Å².